The van der Waals surface area contributed by atoms with Crippen LogP contribution in [0.2, 0.25) is 0 Å². The molecule has 1 heterocycles. The predicted octanol–water partition coefficient (Wildman–Crippen LogP) is 0.701. The first-order valence-corrected chi connectivity index (χ1v) is 5.41. The molecule has 15 heavy (non-hydrogen) atoms. The van der Waals surface area contributed by atoms with E-state index in [9.17, 15) is 4.79 Å². The molecule has 86 valence electrons. The first-order chi connectivity index (χ1) is 7.13. The number of ether oxygens (including phenoxy) is 1. The van der Waals surface area contributed by atoms with Crippen LogP contribution in [0, 0.1) is 0 Å². The van der Waals surface area contributed by atoms with Crippen LogP contribution < -0.4 is 0 Å². The van der Waals surface area contributed by atoms with Gasteiger partial charge in [0.05, 0.1) is 6.61 Å². The van der Waals surface area contributed by atoms with Gasteiger partial charge in [-0.05, 0) is 20.9 Å². The van der Waals surface area contributed by atoms with Gasteiger partial charge < -0.3 is 14.5 Å². The van der Waals surface area contributed by atoms with Crippen LogP contribution in [0.4, 0.5) is 0 Å². The highest BCUT2D eigenvalue weighted by atomic mass is 16.5. The Balaban J connectivity index is 2.44. The Labute approximate surface area is 91.5 Å². The standard InChI is InChI=1S/C11H20N2O2/c1-4-15-11(14)10(2)9-13-7-5-12(3)6-8-13/h9H,4-8H2,1-3H3/b10-9+. The third kappa shape index (κ3) is 3.91. The number of likely N-dealkylation sites (N-methyl/N-ethyl adjacent to an activating group) is 1. The zero-order valence-electron chi connectivity index (χ0n) is 9.82. The van der Waals surface area contributed by atoms with Gasteiger partial charge in [0, 0.05) is 38.0 Å². The summed E-state index contributed by atoms with van der Waals surface area (Å²) in [5.41, 5.74) is 0.682. The highest BCUT2D eigenvalue weighted by Crippen LogP contribution is 2.04. The molecular formula is C11H20N2O2. The van der Waals surface area contributed by atoms with Crippen molar-refractivity contribution in [2.45, 2.75) is 13.8 Å². The van der Waals surface area contributed by atoms with E-state index in [0.29, 0.717) is 12.2 Å². The fourth-order valence-electron chi connectivity index (χ4n) is 1.52. The van der Waals surface area contributed by atoms with Crippen molar-refractivity contribution in [3.63, 3.8) is 0 Å². The van der Waals surface area contributed by atoms with Crippen LogP contribution in [0.1, 0.15) is 13.8 Å². The van der Waals surface area contributed by atoms with E-state index in [2.05, 4.69) is 16.8 Å². The van der Waals surface area contributed by atoms with Gasteiger partial charge in [-0.15, -0.1) is 0 Å². The number of hydrogen-bond donors (Lipinski definition) is 0. The van der Waals surface area contributed by atoms with Gasteiger partial charge in [0.1, 0.15) is 0 Å². The lowest BCUT2D eigenvalue weighted by Crippen LogP contribution is -2.42. The van der Waals surface area contributed by atoms with Gasteiger partial charge in [-0.3, -0.25) is 0 Å². The lowest BCUT2D eigenvalue weighted by atomic mass is 10.3. The molecule has 1 rings (SSSR count). The Kier molecular flexibility index (Phi) is 4.62. The monoisotopic (exact) mass is 212 g/mol. The smallest absolute Gasteiger partial charge is 0.335 e. The van der Waals surface area contributed by atoms with Crippen molar-refractivity contribution in [1.29, 1.82) is 0 Å². The Morgan fingerprint density at radius 1 is 1.33 bits per heavy atom. The van der Waals surface area contributed by atoms with E-state index in [1.807, 2.05) is 13.1 Å². The molecule has 0 N–H and O–H groups in total. The third-order valence-electron chi connectivity index (χ3n) is 2.51. The maximum Gasteiger partial charge on any atom is 0.335 e. The molecule has 1 aliphatic rings. The van der Waals surface area contributed by atoms with E-state index in [0.717, 1.165) is 26.2 Å². The summed E-state index contributed by atoms with van der Waals surface area (Å²) in [6, 6.07) is 0. The summed E-state index contributed by atoms with van der Waals surface area (Å²) in [6.45, 7) is 8.11. The lowest BCUT2D eigenvalue weighted by molar-refractivity contribution is -0.138. The van der Waals surface area contributed by atoms with E-state index in [1.54, 1.807) is 6.92 Å². The quantitative estimate of drug-likeness (QED) is 0.509. The summed E-state index contributed by atoms with van der Waals surface area (Å²) in [5.74, 6) is -0.212. The third-order valence-corrected chi connectivity index (χ3v) is 2.51. The zero-order valence-corrected chi connectivity index (χ0v) is 9.82. The van der Waals surface area contributed by atoms with E-state index >= 15 is 0 Å². The minimum absolute atomic E-state index is 0.212. The summed E-state index contributed by atoms with van der Waals surface area (Å²) in [5, 5.41) is 0. The number of nitrogens with zero attached hydrogens (tertiary/aromatic N) is 2. The summed E-state index contributed by atoms with van der Waals surface area (Å²) < 4.78 is 4.92. The fourth-order valence-corrected chi connectivity index (χ4v) is 1.52. The number of hydrogen-bond acceptors (Lipinski definition) is 4. The van der Waals surface area contributed by atoms with Gasteiger partial charge in [-0.1, -0.05) is 0 Å². The molecule has 0 radical (unpaired) electrons. The van der Waals surface area contributed by atoms with Crippen LogP contribution in [0.5, 0.6) is 0 Å². The molecule has 1 aliphatic heterocycles. The van der Waals surface area contributed by atoms with Crippen molar-refractivity contribution in [3.8, 4) is 0 Å². The van der Waals surface area contributed by atoms with E-state index in [4.69, 9.17) is 4.74 Å². The Hall–Kier alpha value is -1.03. The first-order valence-electron chi connectivity index (χ1n) is 5.41. The molecule has 4 nitrogen and oxygen atoms in total. The average molecular weight is 212 g/mol. The molecule has 4 heteroatoms. The number of piperazine rings is 1. The molecular weight excluding hydrogens is 192 g/mol. The molecule has 0 aromatic rings. The van der Waals surface area contributed by atoms with Crippen LogP contribution in [-0.2, 0) is 9.53 Å². The SMILES string of the molecule is CCOC(=O)/C(C)=C/N1CCN(C)CC1. The molecule has 0 aliphatic carbocycles. The van der Waals surface area contributed by atoms with Gasteiger partial charge in [0.15, 0.2) is 0 Å². The number of carbonyl (C=O) groups excluding carboxylic acids is 1. The normalized spacial score (nSPS) is 19.1. The molecule has 0 aromatic carbocycles. The maximum atomic E-state index is 11.4. The van der Waals surface area contributed by atoms with Crippen LogP contribution in [0.25, 0.3) is 0 Å². The summed E-state index contributed by atoms with van der Waals surface area (Å²) in [4.78, 5) is 15.8. The number of esters is 1. The van der Waals surface area contributed by atoms with Gasteiger partial charge in [0.25, 0.3) is 0 Å². The van der Waals surface area contributed by atoms with Gasteiger partial charge >= 0.3 is 5.97 Å². The summed E-state index contributed by atoms with van der Waals surface area (Å²) in [6.07, 6.45) is 1.91. The minimum Gasteiger partial charge on any atom is -0.463 e. The fraction of sp³-hybridized carbons (Fsp3) is 0.727. The van der Waals surface area contributed by atoms with E-state index in [1.165, 1.54) is 0 Å². The van der Waals surface area contributed by atoms with Crippen LogP contribution in [-0.4, -0.2) is 55.6 Å². The van der Waals surface area contributed by atoms with Crippen molar-refractivity contribution in [3.05, 3.63) is 11.8 Å². The molecule has 1 saturated heterocycles. The highest BCUT2D eigenvalue weighted by molar-refractivity contribution is 5.87. The van der Waals surface area contributed by atoms with Crippen LogP contribution in [0.3, 0.4) is 0 Å². The molecule has 0 bridgehead atoms. The Morgan fingerprint density at radius 3 is 2.47 bits per heavy atom. The molecule has 0 amide bonds. The van der Waals surface area contributed by atoms with Crippen molar-refractivity contribution in [1.82, 2.24) is 9.80 Å². The predicted molar refractivity (Wildman–Crippen MR) is 59.5 cm³/mol. The van der Waals surface area contributed by atoms with E-state index < -0.39 is 0 Å². The van der Waals surface area contributed by atoms with Gasteiger partial charge in [-0.2, -0.15) is 0 Å². The molecule has 0 unspecified atom stereocenters. The Bertz CT molecular complexity index is 243. The summed E-state index contributed by atoms with van der Waals surface area (Å²) in [7, 11) is 2.11. The molecule has 0 saturated carbocycles. The zero-order chi connectivity index (χ0) is 11.3. The maximum absolute atomic E-state index is 11.4. The topological polar surface area (TPSA) is 32.8 Å². The summed E-state index contributed by atoms with van der Waals surface area (Å²) >= 11 is 0. The second-order valence-electron chi connectivity index (χ2n) is 3.87. The second-order valence-corrected chi connectivity index (χ2v) is 3.87. The van der Waals surface area contributed by atoms with Crippen molar-refractivity contribution >= 4 is 5.97 Å². The first kappa shape index (κ1) is 12.0. The Morgan fingerprint density at radius 2 is 1.93 bits per heavy atom. The van der Waals surface area contributed by atoms with Gasteiger partial charge in [0.2, 0.25) is 0 Å². The van der Waals surface area contributed by atoms with Crippen LogP contribution >= 0.6 is 0 Å². The van der Waals surface area contributed by atoms with Crippen molar-refractivity contribution in [2.24, 2.45) is 0 Å². The van der Waals surface area contributed by atoms with Crippen molar-refractivity contribution < 1.29 is 9.53 Å². The second kappa shape index (κ2) is 5.75. The number of rotatable bonds is 3. The molecule has 1 fully saturated rings. The van der Waals surface area contributed by atoms with E-state index in [-0.39, 0.29) is 5.97 Å². The minimum atomic E-state index is -0.212. The highest BCUT2D eigenvalue weighted by Gasteiger charge is 2.12. The number of carbonyl (C=O) groups is 1. The van der Waals surface area contributed by atoms with Gasteiger partial charge in [-0.25, -0.2) is 4.79 Å². The average Bonchev–Trinajstić information content (AvgIpc) is 2.22. The lowest BCUT2D eigenvalue weighted by Gasteiger charge is -2.31. The molecule has 0 atom stereocenters. The van der Waals surface area contributed by atoms with Crippen LogP contribution in [0.15, 0.2) is 11.8 Å². The molecule has 0 aromatic heterocycles. The molecule has 0 spiro atoms. The van der Waals surface area contributed by atoms with Crippen molar-refractivity contribution in [2.75, 3.05) is 39.8 Å². The largest absolute Gasteiger partial charge is 0.463 e.